The lowest BCUT2D eigenvalue weighted by Gasteiger charge is -2.33. The van der Waals surface area contributed by atoms with Crippen molar-refractivity contribution in [3.8, 4) is 0 Å². The first-order valence-electron chi connectivity index (χ1n) is 10.9. The molecule has 1 aliphatic rings. The molecule has 0 aliphatic carbocycles. The van der Waals surface area contributed by atoms with Crippen molar-refractivity contribution >= 4 is 34.9 Å². The van der Waals surface area contributed by atoms with Crippen LogP contribution in [0.1, 0.15) is 44.0 Å². The second-order valence-electron chi connectivity index (χ2n) is 8.19. The molecule has 2 aromatic rings. The number of carbonyl (C=O) groups excluding carboxylic acids is 2. The van der Waals surface area contributed by atoms with E-state index < -0.39 is 0 Å². The minimum atomic E-state index is -0.352. The van der Waals surface area contributed by atoms with Gasteiger partial charge in [0.2, 0.25) is 0 Å². The molecular weight excluding hydrogens is 410 g/mol. The van der Waals surface area contributed by atoms with Crippen LogP contribution < -0.4 is 16.0 Å². The third-order valence-electron chi connectivity index (χ3n) is 5.13. The zero-order valence-electron chi connectivity index (χ0n) is 18.8. The van der Waals surface area contributed by atoms with Crippen LogP contribution in [0.4, 0.5) is 23.0 Å². The summed E-state index contributed by atoms with van der Waals surface area (Å²) >= 11 is 0. The van der Waals surface area contributed by atoms with Crippen LogP contribution >= 0.6 is 0 Å². The Labute approximate surface area is 188 Å². The lowest BCUT2D eigenvalue weighted by atomic mass is 9.98. The van der Waals surface area contributed by atoms with Gasteiger partial charge in [-0.3, -0.25) is 4.79 Å². The van der Waals surface area contributed by atoms with Crippen LogP contribution in [0.3, 0.4) is 0 Å². The SMILES string of the molecule is CCOC(=O)C1CCCN(c2ncnc(Nc3ccc(C(=O)OCC(C)C)cc3)c2N)C1. The van der Waals surface area contributed by atoms with Crippen molar-refractivity contribution in [2.45, 2.75) is 33.6 Å². The maximum Gasteiger partial charge on any atom is 0.338 e. The van der Waals surface area contributed by atoms with Crippen LogP contribution in [0.25, 0.3) is 0 Å². The summed E-state index contributed by atoms with van der Waals surface area (Å²) in [5, 5.41) is 3.18. The molecule has 1 fully saturated rings. The number of carbonyl (C=O) groups is 2. The van der Waals surface area contributed by atoms with Crippen molar-refractivity contribution in [2.24, 2.45) is 11.8 Å². The van der Waals surface area contributed by atoms with Gasteiger partial charge in [0.25, 0.3) is 0 Å². The van der Waals surface area contributed by atoms with Crippen molar-refractivity contribution in [1.29, 1.82) is 0 Å². The highest BCUT2D eigenvalue weighted by atomic mass is 16.5. The number of nitrogens with one attached hydrogen (secondary N) is 1. The van der Waals surface area contributed by atoms with E-state index in [0.717, 1.165) is 25.1 Å². The highest BCUT2D eigenvalue weighted by Gasteiger charge is 2.29. The van der Waals surface area contributed by atoms with Crippen LogP contribution in [0.5, 0.6) is 0 Å². The smallest absolute Gasteiger partial charge is 0.338 e. The predicted octanol–water partition coefficient (Wildman–Crippen LogP) is 3.39. The molecule has 172 valence electrons. The largest absolute Gasteiger partial charge is 0.466 e. The average Bonchev–Trinajstić information content (AvgIpc) is 2.79. The summed E-state index contributed by atoms with van der Waals surface area (Å²) in [6, 6.07) is 6.92. The summed E-state index contributed by atoms with van der Waals surface area (Å²) in [5.41, 5.74) is 7.97. The number of nitrogens with zero attached hydrogens (tertiary/aromatic N) is 3. The number of nitrogen functional groups attached to an aromatic ring is 1. The van der Waals surface area contributed by atoms with E-state index in [-0.39, 0.29) is 23.8 Å². The Morgan fingerprint density at radius 2 is 1.97 bits per heavy atom. The molecule has 3 N–H and O–H groups in total. The molecule has 2 heterocycles. The van der Waals surface area contributed by atoms with E-state index in [1.165, 1.54) is 6.33 Å². The topological polar surface area (TPSA) is 120 Å². The monoisotopic (exact) mass is 441 g/mol. The van der Waals surface area contributed by atoms with Gasteiger partial charge in [-0.2, -0.15) is 0 Å². The van der Waals surface area contributed by atoms with Gasteiger partial charge in [-0.25, -0.2) is 14.8 Å². The third-order valence-corrected chi connectivity index (χ3v) is 5.13. The van der Waals surface area contributed by atoms with Crippen LogP contribution in [-0.4, -0.2) is 48.2 Å². The first-order valence-corrected chi connectivity index (χ1v) is 10.9. The van der Waals surface area contributed by atoms with E-state index in [1.807, 2.05) is 18.7 Å². The van der Waals surface area contributed by atoms with Gasteiger partial charge < -0.3 is 25.4 Å². The summed E-state index contributed by atoms with van der Waals surface area (Å²) in [4.78, 5) is 34.9. The van der Waals surface area contributed by atoms with Crippen LogP contribution in [0.15, 0.2) is 30.6 Å². The summed E-state index contributed by atoms with van der Waals surface area (Å²) in [6.07, 6.45) is 3.08. The van der Waals surface area contributed by atoms with Crippen LogP contribution in [-0.2, 0) is 14.3 Å². The fourth-order valence-electron chi connectivity index (χ4n) is 3.51. The summed E-state index contributed by atoms with van der Waals surface area (Å²) < 4.78 is 10.4. The van der Waals surface area contributed by atoms with E-state index in [9.17, 15) is 9.59 Å². The number of hydrogen-bond acceptors (Lipinski definition) is 9. The number of benzene rings is 1. The number of rotatable bonds is 8. The molecule has 1 aromatic heterocycles. The molecule has 0 amide bonds. The Morgan fingerprint density at radius 1 is 1.22 bits per heavy atom. The van der Waals surface area contributed by atoms with Crippen molar-refractivity contribution in [3.05, 3.63) is 36.2 Å². The summed E-state index contributed by atoms with van der Waals surface area (Å²) in [6.45, 7) is 7.79. The maximum absolute atomic E-state index is 12.2. The van der Waals surface area contributed by atoms with E-state index in [2.05, 4.69) is 15.3 Å². The summed E-state index contributed by atoms with van der Waals surface area (Å²) in [5.74, 6) is 0.596. The van der Waals surface area contributed by atoms with Gasteiger partial charge in [0.15, 0.2) is 11.6 Å². The van der Waals surface area contributed by atoms with Gasteiger partial charge in [-0.15, -0.1) is 0 Å². The second-order valence-corrected chi connectivity index (χ2v) is 8.19. The number of piperidine rings is 1. The number of hydrogen-bond donors (Lipinski definition) is 2. The average molecular weight is 442 g/mol. The van der Waals surface area contributed by atoms with Crippen LogP contribution in [0, 0.1) is 11.8 Å². The molecule has 0 bridgehead atoms. The van der Waals surface area contributed by atoms with E-state index in [0.29, 0.717) is 42.6 Å². The molecule has 1 unspecified atom stereocenters. The van der Waals surface area contributed by atoms with Crippen molar-refractivity contribution in [3.63, 3.8) is 0 Å². The minimum absolute atomic E-state index is 0.185. The first kappa shape index (κ1) is 23.3. The third kappa shape index (κ3) is 5.87. The molecule has 0 radical (unpaired) electrons. The van der Waals surface area contributed by atoms with Gasteiger partial charge in [0, 0.05) is 18.8 Å². The number of aromatic nitrogens is 2. The Balaban J connectivity index is 1.69. The second kappa shape index (κ2) is 10.8. The van der Waals surface area contributed by atoms with Gasteiger partial charge in [0.1, 0.15) is 12.0 Å². The summed E-state index contributed by atoms with van der Waals surface area (Å²) in [7, 11) is 0. The molecule has 1 atom stereocenters. The van der Waals surface area contributed by atoms with Crippen molar-refractivity contribution in [2.75, 3.05) is 42.3 Å². The fraction of sp³-hybridized carbons (Fsp3) is 0.478. The zero-order chi connectivity index (χ0) is 23.1. The molecule has 3 rings (SSSR count). The van der Waals surface area contributed by atoms with E-state index in [4.69, 9.17) is 15.2 Å². The Bertz CT molecular complexity index is 932. The minimum Gasteiger partial charge on any atom is -0.466 e. The lowest BCUT2D eigenvalue weighted by molar-refractivity contribution is -0.148. The molecule has 1 aliphatic heterocycles. The van der Waals surface area contributed by atoms with Crippen LogP contribution in [0.2, 0.25) is 0 Å². The Morgan fingerprint density at radius 3 is 2.66 bits per heavy atom. The first-order chi connectivity index (χ1) is 15.4. The molecule has 9 heteroatoms. The van der Waals surface area contributed by atoms with Gasteiger partial charge in [-0.1, -0.05) is 13.8 Å². The molecule has 1 aromatic carbocycles. The molecular formula is C23H31N5O4. The van der Waals surface area contributed by atoms with Gasteiger partial charge in [-0.05, 0) is 49.9 Å². The highest BCUT2D eigenvalue weighted by Crippen LogP contribution is 2.31. The number of nitrogens with two attached hydrogens (primary N) is 1. The highest BCUT2D eigenvalue weighted by molar-refractivity contribution is 5.90. The molecule has 9 nitrogen and oxygen atoms in total. The molecule has 32 heavy (non-hydrogen) atoms. The predicted molar refractivity (Wildman–Crippen MR) is 123 cm³/mol. The van der Waals surface area contributed by atoms with Crippen molar-refractivity contribution < 1.29 is 19.1 Å². The zero-order valence-corrected chi connectivity index (χ0v) is 18.8. The maximum atomic E-state index is 12.2. The molecule has 0 saturated carbocycles. The van der Waals surface area contributed by atoms with Gasteiger partial charge >= 0.3 is 11.9 Å². The number of ether oxygens (including phenoxy) is 2. The van der Waals surface area contributed by atoms with Gasteiger partial charge in [0.05, 0.1) is 24.7 Å². The molecule has 0 spiro atoms. The fourth-order valence-corrected chi connectivity index (χ4v) is 3.51. The Hall–Kier alpha value is -3.36. The quantitative estimate of drug-likeness (QED) is 0.594. The normalized spacial score (nSPS) is 16.0. The van der Waals surface area contributed by atoms with Crippen molar-refractivity contribution in [1.82, 2.24) is 9.97 Å². The van der Waals surface area contributed by atoms with E-state index >= 15 is 0 Å². The Kier molecular flexibility index (Phi) is 7.86. The molecule has 1 saturated heterocycles. The number of anilines is 4. The number of esters is 2. The lowest BCUT2D eigenvalue weighted by Crippen LogP contribution is -2.40. The van der Waals surface area contributed by atoms with E-state index in [1.54, 1.807) is 31.2 Å². The standard InChI is InChI=1S/C23H31N5O4/c1-4-31-23(30)17-6-5-11-28(12-17)21-19(24)20(25-14-26-21)27-18-9-7-16(8-10-18)22(29)32-13-15(2)3/h7-10,14-15,17H,4-6,11-13,24H2,1-3H3,(H,25,26,27).